The highest BCUT2D eigenvalue weighted by Crippen LogP contribution is 2.35. The maximum atomic E-state index is 12.8. The number of hydrogen-bond acceptors (Lipinski definition) is 4. The predicted molar refractivity (Wildman–Crippen MR) is 128 cm³/mol. The van der Waals surface area contributed by atoms with E-state index in [0.29, 0.717) is 13.1 Å². The van der Waals surface area contributed by atoms with Gasteiger partial charge < -0.3 is 9.64 Å². The summed E-state index contributed by atoms with van der Waals surface area (Å²) in [4.78, 5) is 27.6. The number of fused-ring (bicyclic) bond motifs is 1. The van der Waals surface area contributed by atoms with Crippen molar-refractivity contribution in [1.29, 1.82) is 0 Å². The van der Waals surface area contributed by atoms with Crippen molar-refractivity contribution in [3.8, 4) is 11.1 Å². The highest BCUT2D eigenvalue weighted by Gasteiger charge is 2.27. The molecule has 4 heteroatoms. The molecule has 0 amide bonds. The van der Waals surface area contributed by atoms with Crippen LogP contribution in [0.25, 0.3) is 11.1 Å². The van der Waals surface area contributed by atoms with E-state index >= 15 is 0 Å². The van der Waals surface area contributed by atoms with Crippen molar-refractivity contribution in [3.63, 3.8) is 0 Å². The lowest BCUT2D eigenvalue weighted by Crippen LogP contribution is -2.35. The van der Waals surface area contributed by atoms with E-state index in [1.807, 2.05) is 94.4 Å². The lowest BCUT2D eigenvalue weighted by Gasteiger charge is -2.31. The van der Waals surface area contributed by atoms with Crippen LogP contribution in [0.5, 0.6) is 0 Å². The van der Waals surface area contributed by atoms with Crippen LogP contribution in [0.2, 0.25) is 0 Å². The topological polar surface area (TPSA) is 46.6 Å². The fourth-order valence-corrected chi connectivity index (χ4v) is 4.14. The van der Waals surface area contributed by atoms with Gasteiger partial charge in [-0.1, -0.05) is 60.7 Å². The molecule has 0 N–H and O–H groups in total. The molecule has 0 bridgehead atoms. The average Bonchev–Trinajstić information content (AvgIpc) is 2.77. The lowest BCUT2D eigenvalue weighted by atomic mass is 9.90. The number of esters is 1. The van der Waals surface area contributed by atoms with E-state index in [0.717, 1.165) is 33.5 Å². The second-order valence-electron chi connectivity index (χ2n) is 9.33. The molecule has 0 saturated heterocycles. The van der Waals surface area contributed by atoms with Crippen LogP contribution in [0.1, 0.15) is 55.1 Å². The summed E-state index contributed by atoms with van der Waals surface area (Å²) >= 11 is 0. The van der Waals surface area contributed by atoms with Gasteiger partial charge in [-0.15, -0.1) is 0 Å². The van der Waals surface area contributed by atoms with Crippen LogP contribution in [-0.4, -0.2) is 23.9 Å². The monoisotopic (exact) mass is 427 g/mol. The van der Waals surface area contributed by atoms with Gasteiger partial charge in [-0.25, -0.2) is 0 Å². The Morgan fingerprint density at radius 3 is 2.31 bits per heavy atom. The molecule has 0 spiro atoms. The van der Waals surface area contributed by atoms with Crippen LogP contribution in [0.4, 0.5) is 5.69 Å². The van der Waals surface area contributed by atoms with Crippen LogP contribution in [0, 0.1) is 0 Å². The third kappa shape index (κ3) is 4.59. The molecule has 4 nitrogen and oxygen atoms in total. The number of anilines is 1. The molecule has 164 valence electrons. The Hall–Kier alpha value is -3.40. The second kappa shape index (κ2) is 8.62. The molecule has 1 heterocycles. The summed E-state index contributed by atoms with van der Waals surface area (Å²) in [6, 6.07) is 23.9. The van der Waals surface area contributed by atoms with Gasteiger partial charge in [0.15, 0.2) is 5.78 Å². The van der Waals surface area contributed by atoms with Crippen molar-refractivity contribution in [2.24, 2.45) is 0 Å². The van der Waals surface area contributed by atoms with Crippen molar-refractivity contribution >= 4 is 17.4 Å². The van der Waals surface area contributed by atoms with E-state index < -0.39 is 11.5 Å². The summed E-state index contributed by atoms with van der Waals surface area (Å²) in [7, 11) is 0. The van der Waals surface area contributed by atoms with Crippen molar-refractivity contribution in [3.05, 3.63) is 89.5 Å². The number of carbonyl (C=O) groups excluding carboxylic acids is 2. The molecule has 1 unspecified atom stereocenters. The Morgan fingerprint density at radius 2 is 1.59 bits per heavy atom. The zero-order chi connectivity index (χ0) is 22.9. The molecule has 0 saturated carbocycles. The van der Waals surface area contributed by atoms with E-state index in [2.05, 4.69) is 11.0 Å². The van der Waals surface area contributed by atoms with Gasteiger partial charge in [0.05, 0.1) is 12.5 Å². The van der Waals surface area contributed by atoms with E-state index in [9.17, 15) is 9.59 Å². The van der Waals surface area contributed by atoms with Crippen LogP contribution >= 0.6 is 0 Å². The molecule has 0 aromatic heterocycles. The number of ether oxygens (including phenoxy) is 1. The summed E-state index contributed by atoms with van der Waals surface area (Å²) in [6.45, 7) is 8.54. The van der Waals surface area contributed by atoms with E-state index in [-0.39, 0.29) is 11.8 Å². The van der Waals surface area contributed by atoms with Gasteiger partial charge in [0, 0.05) is 17.8 Å². The number of rotatable bonds is 4. The van der Waals surface area contributed by atoms with Crippen molar-refractivity contribution < 1.29 is 14.3 Å². The molecular weight excluding hydrogens is 398 g/mol. The zero-order valence-corrected chi connectivity index (χ0v) is 19.1. The molecule has 32 heavy (non-hydrogen) atoms. The number of Topliss-reactive ketones (excluding diaryl/α,β-unsaturated/α-hetero) is 1. The number of nitrogens with zero attached hydrogens (tertiary/aromatic N) is 1. The normalized spacial score (nSPS) is 14.6. The van der Waals surface area contributed by atoms with Gasteiger partial charge in [0.2, 0.25) is 0 Å². The van der Waals surface area contributed by atoms with E-state index in [1.54, 1.807) is 0 Å². The molecule has 0 radical (unpaired) electrons. The Morgan fingerprint density at radius 1 is 0.906 bits per heavy atom. The first kappa shape index (κ1) is 21.8. The third-order valence-electron chi connectivity index (χ3n) is 5.73. The van der Waals surface area contributed by atoms with Crippen LogP contribution < -0.4 is 4.90 Å². The van der Waals surface area contributed by atoms with Crippen LogP contribution in [0.15, 0.2) is 72.8 Å². The van der Waals surface area contributed by atoms with Crippen LogP contribution in [0.3, 0.4) is 0 Å². The van der Waals surface area contributed by atoms with E-state index in [1.165, 1.54) is 0 Å². The molecule has 1 aliphatic rings. The molecule has 0 fully saturated rings. The molecule has 1 aliphatic heterocycles. The van der Waals surface area contributed by atoms with Crippen molar-refractivity contribution in [2.45, 2.75) is 45.8 Å². The summed E-state index contributed by atoms with van der Waals surface area (Å²) in [5.74, 6) is -0.536. The predicted octanol–water partition coefficient (Wildman–Crippen LogP) is 6.00. The Kier molecular flexibility index (Phi) is 5.88. The molecule has 4 rings (SSSR count). The number of hydrogen-bond donors (Lipinski definition) is 0. The Bertz CT molecular complexity index is 1140. The fourth-order valence-electron chi connectivity index (χ4n) is 4.14. The smallest absolute Gasteiger partial charge is 0.313 e. The highest BCUT2D eigenvalue weighted by atomic mass is 16.6. The molecule has 0 aliphatic carbocycles. The summed E-state index contributed by atoms with van der Waals surface area (Å²) in [5, 5.41) is 0. The third-order valence-corrected chi connectivity index (χ3v) is 5.73. The largest absolute Gasteiger partial charge is 0.460 e. The maximum absolute atomic E-state index is 12.8. The van der Waals surface area contributed by atoms with Crippen LogP contribution in [-0.2, 0) is 16.1 Å². The number of benzene rings is 3. The average molecular weight is 428 g/mol. The molecular formula is C28H29NO3. The van der Waals surface area contributed by atoms with Gasteiger partial charge >= 0.3 is 5.97 Å². The van der Waals surface area contributed by atoms with Gasteiger partial charge in [-0.2, -0.15) is 0 Å². The SMILES string of the molecule is CC(C(=O)OC(C)(C)C)c1ccc(N2CC(=O)c3ccccc3C2)cc1-c1ccccc1. The first-order chi connectivity index (χ1) is 15.2. The fraction of sp³-hybridized carbons (Fsp3) is 0.286. The van der Waals surface area contributed by atoms with Gasteiger partial charge in [-0.05, 0) is 62.1 Å². The summed E-state index contributed by atoms with van der Waals surface area (Å²) < 4.78 is 5.65. The summed E-state index contributed by atoms with van der Waals surface area (Å²) in [5.41, 5.74) is 5.19. The minimum absolute atomic E-state index is 0.124. The van der Waals surface area contributed by atoms with E-state index in [4.69, 9.17) is 4.74 Å². The minimum atomic E-state index is -0.542. The maximum Gasteiger partial charge on any atom is 0.313 e. The van der Waals surface area contributed by atoms with Crippen molar-refractivity contribution in [2.75, 3.05) is 11.4 Å². The number of carbonyl (C=O) groups is 2. The molecule has 1 atom stereocenters. The first-order valence-corrected chi connectivity index (χ1v) is 11.0. The first-order valence-electron chi connectivity index (χ1n) is 11.0. The quantitative estimate of drug-likeness (QED) is 0.479. The standard InChI is InChI=1S/C28H29NO3/c1-19(27(31)32-28(2,3)4)23-15-14-22(16-25(23)20-10-6-5-7-11-20)29-17-21-12-8-9-13-24(21)26(30)18-29/h5-16,19H,17-18H2,1-4H3. The zero-order valence-electron chi connectivity index (χ0n) is 19.1. The second-order valence-corrected chi connectivity index (χ2v) is 9.33. The molecule has 3 aromatic carbocycles. The summed E-state index contributed by atoms with van der Waals surface area (Å²) in [6.07, 6.45) is 0. The van der Waals surface area contributed by atoms with Crippen molar-refractivity contribution in [1.82, 2.24) is 0 Å². The Balaban J connectivity index is 1.73. The molecule has 3 aromatic rings. The van der Waals surface area contributed by atoms with Gasteiger partial charge in [-0.3, -0.25) is 9.59 Å². The Labute approximate surface area is 189 Å². The van der Waals surface area contributed by atoms with Gasteiger partial charge in [0.1, 0.15) is 5.60 Å². The lowest BCUT2D eigenvalue weighted by molar-refractivity contribution is -0.156. The minimum Gasteiger partial charge on any atom is -0.460 e. The highest BCUT2D eigenvalue weighted by molar-refractivity contribution is 6.02. The number of ketones is 1. The van der Waals surface area contributed by atoms with Gasteiger partial charge in [0.25, 0.3) is 0 Å².